The fraction of sp³-hybridized carbons (Fsp3) is 0.222. The molecule has 0 saturated carbocycles. The molecule has 0 radical (unpaired) electrons. The quantitative estimate of drug-likeness (QED) is 0.793. The van der Waals surface area contributed by atoms with Gasteiger partial charge in [-0.25, -0.2) is 8.78 Å². The molecule has 2 nitrogen and oxygen atoms in total. The predicted molar refractivity (Wildman–Crippen MR) is 51.1 cm³/mol. The van der Waals surface area contributed by atoms with Gasteiger partial charge in [0.2, 0.25) is 0 Å². The summed E-state index contributed by atoms with van der Waals surface area (Å²) in [6, 6.07) is 3.93. The Balaban J connectivity index is 2.82. The van der Waals surface area contributed by atoms with Crippen LogP contribution in [0.25, 0.3) is 0 Å². The first-order valence-electron chi connectivity index (χ1n) is 3.88. The van der Waals surface area contributed by atoms with Crippen molar-refractivity contribution < 1.29 is 22.7 Å². The zero-order valence-electron chi connectivity index (χ0n) is 7.29. The molecule has 1 aromatic carbocycles. The van der Waals surface area contributed by atoms with Crippen molar-refractivity contribution in [2.45, 2.75) is 12.8 Å². The van der Waals surface area contributed by atoms with Crippen LogP contribution in [-0.4, -0.2) is 19.1 Å². The normalized spacial score (nSPS) is 12.6. The van der Waals surface area contributed by atoms with E-state index in [-0.39, 0.29) is 10.2 Å². The average Bonchev–Trinajstić information content (AvgIpc) is 2.20. The van der Waals surface area contributed by atoms with E-state index in [0.29, 0.717) is 11.8 Å². The standard InChI is InChI=1S/C9H6BrF3O2/c10-6-3-5(4-14)1-2-7(6)15-9(13)8(11)12/h1-4,8-9H. The first kappa shape index (κ1) is 12.0. The van der Waals surface area contributed by atoms with Crippen LogP contribution in [-0.2, 0) is 0 Å². The molecule has 1 atom stereocenters. The highest BCUT2D eigenvalue weighted by atomic mass is 79.9. The number of ether oxygens (including phenoxy) is 1. The van der Waals surface area contributed by atoms with Crippen LogP contribution >= 0.6 is 15.9 Å². The Hall–Kier alpha value is -1.04. The highest BCUT2D eigenvalue weighted by molar-refractivity contribution is 9.10. The van der Waals surface area contributed by atoms with Crippen molar-refractivity contribution in [1.29, 1.82) is 0 Å². The summed E-state index contributed by atoms with van der Waals surface area (Å²) in [6.07, 6.45) is -5.31. The second-order valence-electron chi connectivity index (χ2n) is 2.61. The molecule has 1 unspecified atom stereocenters. The Morgan fingerprint density at radius 3 is 2.47 bits per heavy atom. The second-order valence-corrected chi connectivity index (χ2v) is 3.47. The van der Waals surface area contributed by atoms with Crippen molar-refractivity contribution >= 4 is 22.2 Å². The molecule has 0 bridgehead atoms. The van der Waals surface area contributed by atoms with Crippen LogP contribution in [0.3, 0.4) is 0 Å². The maximum atomic E-state index is 12.5. The van der Waals surface area contributed by atoms with Crippen LogP contribution in [0.5, 0.6) is 5.75 Å². The van der Waals surface area contributed by atoms with Crippen LogP contribution in [0, 0.1) is 0 Å². The van der Waals surface area contributed by atoms with Crippen LogP contribution < -0.4 is 4.74 Å². The summed E-state index contributed by atoms with van der Waals surface area (Å²) in [6.45, 7) is 0. The van der Waals surface area contributed by atoms with Crippen LogP contribution in [0.2, 0.25) is 0 Å². The van der Waals surface area contributed by atoms with Crippen LogP contribution in [0.1, 0.15) is 10.4 Å². The van der Waals surface area contributed by atoms with Gasteiger partial charge in [-0.15, -0.1) is 0 Å². The minimum atomic E-state index is -3.21. The Morgan fingerprint density at radius 1 is 1.33 bits per heavy atom. The van der Waals surface area contributed by atoms with Crippen molar-refractivity contribution in [3.63, 3.8) is 0 Å². The zero-order valence-corrected chi connectivity index (χ0v) is 8.88. The minimum Gasteiger partial charge on any atom is -0.453 e. The number of halogens is 4. The number of hydrogen-bond donors (Lipinski definition) is 0. The lowest BCUT2D eigenvalue weighted by atomic mass is 10.2. The van der Waals surface area contributed by atoms with Gasteiger partial charge in [-0.05, 0) is 34.1 Å². The van der Waals surface area contributed by atoms with Gasteiger partial charge >= 0.3 is 6.43 Å². The number of rotatable bonds is 4. The summed E-state index contributed by atoms with van der Waals surface area (Å²) in [7, 11) is 0. The highest BCUT2D eigenvalue weighted by Gasteiger charge is 2.21. The topological polar surface area (TPSA) is 26.3 Å². The van der Waals surface area contributed by atoms with Gasteiger partial charge in [0, 0.05) is 5.56 Å². The molecular formula is C9H6BrF3O2. The third kappa shape index (κ3) is 3.23. The Morgan fingerprint density at radius 2 is 2.00 bits per heavy atom. The molecule has 0 amide bonds. The third-order valence-electron chi connectivity index (χ3n) is 1.53. The summed E-state index contributed by atoms with van der Waals surface area (Å²) in [5.74, 6) is -0.0756. The first-order valence-corrected chi connectivity index (χ1v) is 4.67. The van der Waals surface area contributed by atoms with Crippen molar-refractivity contribution in [2.75, 3.05) is 0 Å². The van der Waals surface area contributed by atoms with Crippen molar-refractivity contribution in [3.05, 3.63) is 28.2 Å². The smallest absolute Gasteiger partial charge is 0.304 e. The summed E-state index contributed by atoms with van der Waals surface area (Å²) in [4.78, 5) is 10.3. The maximum Gasteiger partial charge on any atom is 0.304 e. The number of aldehydes is 1. The SMILES string of the molecule is O=Cc1ccc(OC(F)C(F)F)c(Br)c1. The van der Waals surface area contributed by atoms with E-state index in [9.17, 15) is 18.0 Å². The van der Waals surface area contributed by atoms with E-state index >= 15 is 0 Å². The molecule has 0 aliphatic rings. The van der Waals surface area contributed by atoms with E-state index in [1.807, 2.05) is 0 Å². The third-order valence-corrected chi connectivity index (χ3v) is 2.15. The molecule has 0 saturated heterocycles. The molecule has 0 heterocycles. The minimum absolute atomic E-state index is 0.0756. The molecule has 0 fully saturated rings. The summed E-state index contributed by atoms with van der Waals surface area (Å²) in [5, 5.41) is 0. The van der Waals surface area contributed by atoms with E-state index < -0.39 is 12.8 Å². The number of carbonyl (C=O) groups excluding carboxylic acids is 1. The fourth-order valence-electron chi connectivity index (χ4n) is 0.859. The van der Waals surface area contributed by atoms with Gasteiger partial charge in [-0.1, -0.05) is 0 Å². The molecule has 0 N–H and O–H groups in total. The number of carbonyl (C=O) groups is 1. The first-order chi connectivity index (χ1) is 7.04. The lowest BCUT2D eigenvalue weighted by molar-refractivity contribution is -0.0672. The van der Waals surface area contributed by atoms with Gasteiger partial charge in [0.25, 0.3) is 6.36 Å². The summed E-state index contributed by atoms with van der Waals surface area (Å²) < 4.78 is 40.7. The summed E-state index contributed by atoms with van der Waals surface area (Å²) in [5.41, 5.74) is 0.335. The van der Waals surface area contributed by atoms with E-state index in [4.69, 9.17) is 0 Å². The van der Waals surface area contributed by atoms with Crippen molar-refractivity contribution in [2.24, 2.45) is 0 Å². The molecule has 0 spiro atoms. The largest absolute Gasteiger partial charge is 0.453 e. The second kappa shape index (κ2) is 5.16. The molecule has 15 heavy (non-hydrogen) atoms. The van der Waals surface area contributed by atoms with Gasteiger partial charge in [-0.3, -0.25) is 4.79 Å². The molecule has 1 aromatic rings. The summed E-state index contributed by atoms with van der Waals surface area (Å²) >= 11 is 2.97. The number of hydrogen-bond acceptors (Lipinski definition) is 2. The fourth-order valence-corrected chi connectivity index (χ4v) is 1.35. The average molecular weight is 283 g/mol. The molecular weight excluding hydrogens is 277 g/mol. The molecule has 0 aliphatic heterocycles. The lowest BCUT2D eigenvalue weighted by Gasteiger charge is -2.11. The van der Waals surface area contributed by atoms with E-state index in [2.05, 4.69) is 20.7 Å². The van der Waals surface area contributed by atoms with Gasteiger partial charge in [0.05, 0.1) is 4.47 Å². The van der Waals surface area contributed by atoms with Crippen molar-refractivity contribution in [1.82, 2.24) is 0 Å². The van der Waals surface area contributed by atoms with E-state index in [1.165, 1.54) is 18.2 Å². The van der Waals surface area contributed by atoms with Gasteiger partial charge in [0.1, 0.15) is 12.0 Å². The maximum absolute atomic E-state index is 12.5. The van der Waals surface area contributed by atoms with E-state index in [0.717, 1.165) is 0 Å². The highest BCUT2D eigenvalue weighted by Crippen LogP contribution is 2.27. The number of benzene rings is 1. The van der Waals surface area contributed by atoms with Crippen molar-refractivity contribution in [3.8, 4) is 5.75 Å². The molecule has 82 valence electrons. The Kier molecular flexibility index (Phi) is 4.14. The number of alkyl halides is 3. The van der Waals surface area contributed by atoms with Gasteiger partial charge < -0.3 is 4.74 Å². The molecule has 6 heteroatoms. The van der Waals surface area contributed by atoms with Crippen LogP contribution in [0.4, 0.5) is 13.2 Å². The monoisotopic (exact) mass is 282 g/mol. The molecule has 0 aromatic heterocycles. The lowest BCUT2D eigenvalue weighted by Crippen LogP contribution is -2.19. The molecule has 0 aliphatic carbocycles. The van der Waals surface area contributed by atoms with Gasteiger partial charge in [0.15, 0.2) is 0 Å². The Labute approximate surface area is 92.2 Å². The predicted octanol–water partition coefficient (Wildman–Crippen LogP) is 3.20. The Bertz CT molecular complexity index is 357. The molecule has 1 rings (SSSR count). The van der Waals surface area contributed by atoms with Crippen LogP contribution in [0.15, 0.2) is 22.7 Å². The zero-order chi connectivity index (χ0) is 11.4. The van der Waals surface area contributed by atoms with E-state index in [1.54, 1.807) is 0 Å². The van der Waals surface area contributed by atoms with Gasteiger partial charge in [-0.2, -0.15) is 4.39 Å².